The third-order valence-corrected chi connectivity index (χ3v) is 5.13. The zero-order chi connectivity index (χ0) is 17.9. The first-order valence-electron chi connectivity index (χ1n) is 7.78. The monoisotopic (exact) mass is 459 g/mol. The van der Waals surface area contributed by atoms with Crippen LogP contribution in [0, 0.1) is 15.9 Å². The molecule has 0 N–H and O–H groups in total. The summed E-state index contributed by atoms with van der Waals surface area (Å²) in [7, 11) is 0. The maximum atomic E-state index is 11.9. The summed E-state index contributed by atoms with van der Waals surface area (Å²) in [6.45, 7) is 11.1. The number of carbonyl (C=O) groups is 1. The van der Waals surface area contributed by atoms with Crippen molar-refractivity contribution in [2.45, 2.75) is 34.6 Å². The van der Waals surface area contributed by atoms with Gasteiger partial charge in [-0.25, -0.2) is 9.78 Å². The third kappa shape index (κ3) is 4.92. The van der Waals surface area contributed by atoms with Gasteiger partial charge in [0.1, 0.15) is 15.6 Å². The molecule has 1 aromatic heterocycles. The van der Waals surface area contributed by atoms with Gasteiger partial charge < -0.3 is 9.47 Å². The average molecular weight is 459 g/mol. The molecule has 0 fully saturated rings. The summed E-state index contributed by atoms with van der Waals surface area (Å²) >= 11 is 3.63. The Balaban J connectivity index is 2.23. The topological polar surface area (TPSA) is 48.4 Å². The van der Waals surface area contributed by atoms with E-state index in [9.17, 15) is 4.79 Å². The summed E-state index contributed by atoms with van der Waals surface area (Å²) in [5, 5.41) is 0.816. The van der Waals surface area contributed by atoms with Crippen molar-refractivity contribution in [1.29, 1.82) is 0 Å². The molecule has 0 radical (unpaired) electrons. The Morgan fingerprint density at radius 2 is 2.04 bits per heavy atom. The second kappa shape index (κ2) is 7.82. The molecule has 0 saturated heterocycles. The van der Waals surface area contributed by atoms with Gasteiger partial charge in [-0.3, -0.25) is 0 Å². The van der Waals surface area contributed by atoms with E-state index in [0.717, 1.165) is 19.9 Å². The lowest BCUT2D eigenvalue weighted by molar-refractivity contribution is 0.0531. The van der Waals surface area contributed by atoms with E-state index in [-0.39, 0.29) is 11.4 Å². The van der Waals surface area contributed by atoms with Gasteiger partial charge in [0, 0.05) is 5.56 Å². The standard InChI is InChI=1S/C18H22INO3S/c1-6-22-17(21)15-11(2)20-16(24-15)12-7-8-14(13(19)9-12)23-10-18(3,4)5/h7-9H,6,10H2,1-5H3. The van der Waals surface area contributed by atoms with Crippen LogP contribution in [0.3, 0.4) is 0 Å². The van der Waals surface area contributed by atoms with Crippen LogP contribution < -0.4 is 4.74 Å². The fraction of sp³-hybridized carbons (Fsp3) is 0.444. The minimum absolute atomic E-state index is 0.114. The van der Waals surface area contributed by atoms with Crippen LogP contribution in [-0.4, -0.2) is 24.2 Å². The number of thiazole rings is 1. The first-order chi connectivity index (χ1) is 11.2. The number of hydrogen-bond donors (Lipinski definition) is 0. The summed E-state index contributed by atoms with van der Waals surface area (Å²) < 4.78 is 12.0. The molecule has 4 nitrogen and oxygen atoms in total. The molecule has 6 heteroatoms. The predicted octanol–water partition coefficient (Wildman–Crippen LogP) is 5.32. The first kappa shape index (κ1) is 19.2. The van der Waals surface area contributed by atoms with Crippen LogP contribution in [0.5, 0.6) is 5.75 Å². The smallest absolute Gasteiger partial charge is 0.350 e. The summed E-state index contributed by atoms with van der Waals surface area (Å²) in [6, 6.07) is 5.97. The van der Waals surface area contributed by atoms with E-state index in [1.54, 1.807) is 6.92 Å². The van der Waals surface area contributed by atoms with Crippen molar-refractivity contribution in [3.05, 3.63) is 32.3 Å². The van der Waals surface area contributed by atoms with Crippen molar-refractivity contribution in [2.75, 3.05) is 13.2 Å². The lowest BCUT2D eigenvalue weighted by Crippen LogP contribution is -2.17. The molecule has 1 aromatic carbocycles. The van der Waals surface area contributed by atoms with Crippen molar-refractivity contribution in [2.24, 2.45) is 5.41 Å². The lowest BCUT2D eigenvalue weighted by atomic mass is 9.99. The number of nitrogens with zero attached hydrogens (tertiary/aromatic N) is 1. The van der Waals surface area contributed by atoms with E-state index in [4.69, 9.17) is 9.47 Å². The molecule has 0 saturated carbocycles. The van der Waals surface area contributed by atoms with Gasteiger partial charge in [-0.1, -0.05) is 20.8 Å². The number of benzene rings is 1. The molecule has 0 unspecified atom stereocenters. The van der Waals surface area contributed by atoms with Gasteiger partial charge in [0.05, 0.1) is 22.5 Å². The second-order valence-electron chi connectivity index (χ2n) is 6.65. The predicted molar refractivity (Wildman–Crippen MR) is 106 cm³/mol. The molecule has 1 heterocycles. The van der Waals surface area contributed by atoms with Crippen molar-refractivity contribution < 1.29 is 14.3 Å². The Kier molecular flexibility index (Phi) is 6.25. The zero-order valence-electron chi connectivity index (χ0n) is 14.6. The van der Waals surface area contributed by atoms with Gasteiger partial charge >= 0.3 is 5.97 Å². The minimum atomic E-state index is -0.307. The fourth-order valence-corrected chi connectivity index (χ4v) is 3.58. The van der Waals surface area contributed by atoms with Crippen LogP contribution in [0.15, 0.2) is 18.2 Å². The molecular formula is C18H22INO3S. The number of halogens is 1. The SMILES string of the molecule is CCOC(=O)c1sc(-c2ccc(OCC(C)(C)C)c(I)c2)nc1C. The van der Waals surface area contributed by atoms with E-state index in [1.165, 1.54) is 11.3 Å². The summed E-state index contributed by atoms with van der Waals surface area (Å²) in [4.78, 5) is 17.0. The maximum Gasteiger partial charge on any atom is 0.350 e. The van der Waals surface area contributed by atoms with E-state index in [1.807, 2.05) is 25.1 Å². The van der Waals surface area contributed by atoms with Crippen LogP contribution in [0.4, 0.5) is 0 Å². The number of hydrogen-bond acceptors (Lipinski definition) is 5. The Bertz CT molecular complexity index is 734. The largest absolute Gasteiger partial charge is 0.492 e. The second-order valence-corrected chi connectivity index (χ2v) is 8.81. The number of aryl methyl sites for hydroxylation is 1. The molecule has 0 amide bonds. The Labute approximate surface area is 160 Å². The van der Waals surface area contributed by atoms with Crippen LogP contribution in [-0.2, 0) is 4.74 Å². The van der Waals surface area contributed by atoms with Gasteiger partial charge in [-0.05, 0) is 60.1 Å². The highest BCUT2D eigenvalue weighted by atomic mass is 127. The highest BCUT2D eigenvalue weighted by molar-refractivity contribution is 14.1. The average Bonchev–Trinajstić information content (AvgIpc) is 2.87. The molecule has 0 spiro atoms. The lowest BCUT2D eigenvalue weighted by Gasteiger charge is -2.19. The van der Waals surface area contributed by atoms with Gasteiger partial charge in [0.25, 0.3) is 0 Å². The number of rotatable bonds is 5. The quantitative estimate of drug-likeness (QED) is 0.448. The highest BCUT2D eigenvalue weighted by Crippen LogP contribution is 2.32. The molecule has 0 atom stereocenters. The molecule has 2 aromatic rings. The van der Waals surface area contributed by atoms with Gasteiger partial charge in [0.15, 0.2) is 0 Å². The van der Waals surface area contributed by atoms with Gasteiger partial charge in [0.2, 0.25) is 0 Å². The van der Waals surface area contributed by atoms with Crippen molar-refractivity contribution in [3.63, 3.8) is 0 Å². The Morgan fingerprint density at radius 1 is 1.33 bits per heavy atom. The van der Waals surface area contributed by atoms with E-state index < -0.39 is 0 Å². The molecule has 2 rings (SSSR count). The molecule has 0 aliphatic rings. The maximum absolute atomic E-state index is 11.9. The Morgan fingerprint density at radius 3 is 2.62 bits per heavy atom. The van der Waals surface area contributed by atoms with Gasteiger partial charge in [-0.2, -0.15) is 0 Å². The first-order valence-corrected chi connectivity index (χ1v) is 9.68. The van der Waals surface area contributed by atoms with Crippen LogP contribution in [0.2, 0.25) is 0 Å². The summed E-state index contributed by atoms with van der Waals surface area (Å²) in [5.74, 6) is 0.562. The summed E-state index contributed by atoms with van der Waals surface area (Å²) in [6.07, 6.45) is 0. The van der Waals surface area contributed by atoms with E-state index >= 15 is 0 Å². The third-order valence-electron chi connectivity index (χ3n) is 3.10. The fourth-order valence-electron chi connectivity index (χ4n) is 1.95. The molecular weight excluding hydrogens is 437 g/mol. The van der Waals surface area contributed by atoms with Crippen LogP contribution in [0.25, 0.3) is 10.6 Å². The van der Waals surface area contributed by atoms with Crippen molar-refractivity contribution >= 4 is 39.9 Å². The minimum Gasteiger partial charge on any atom is -0.492 e. The van der Waals surface area contributed by atoms with Crippen LogP contribution in [0.1, 0.15) is 43.1 Å². The molecule has 24 heavy (non-hydrogen) atoms. The molecule has 0 bridgehead atoms. The van der Waals surface area contributed by atoms with Crippen LogP contribution >= 0.6 is 33.9 Å². The van der Waals surface area contributed by atoms with E-state index in [2.05, 4.69) is 48.3 Å². The number of esters is 1. The van der Waals surface area contributed by atoms with Crippen molar-refractivity contribution in [3.8, 4) is 16.3 Å². The number of carbonyl (C=O) groups excluding carboxylic acids is 1. The number of aromatic nitrogens is 1. The normalized spacial score (nSPS) is 11.4. The zero-order valence-corrected chi connectivity index (χ0v) is 17.6. The highest BCUT2D eigenvalue weighted by Gasteiger charge is 2.18. The van der Waals surface area contributed by atoms with Gasteiger partial charge in [-0.15, -0.1) is 11.3 Å². The summed E-state index contributed by atoms with van der Waals surface area (Å²) in [5.41, 5.74) is 1.80. The number of ether oxygens (including phenoxy) is 2. The Hall–Kier alpha value is -1.15. The van der Waals surface area contributed by atoms with E-state index in [0.29, 0.717) is 23.8 Å². The van der Waals surface area contributed by atoms with Crippen molar-refractivity contribution in [1.82, 2.24) is 4.98 Å². The molecule has 0 aliphatic heterocycles. The molecule has 130 valence electrons. The molecule has 0 aliphatic carbocycles.